The van der Waals surface area contributed by atoms with Crippen LogP contribution in [-0.4, -0.2) is 49.9 Å². The van der Waals surface area contributed by atoms with E-state index < -0.39 is 23.4 Å². The Morgan fingerprint density at radius 2 is 1.71 bits per heavy atom. The summed E-state index contributed by atoms with van der Waals surface area (Å²) in [6, 6.07) is 1.85. The molecule has 0 radical (unpaired) electrons. The summed E-state index contributed by atoms with van der Waals surface area (Å²) in [5.74, 6) is 0.519. The molecule has 5 rings (SSSR count). The average molecular weight is 681 g/mol. The molecule has 3 fully saturated rings. The SMILES string of the molecule is C=C(C)[C@@H]1CCC(C)=C[C@H]1c1c(O)cc(CCCCC)c(COC2(C)CCC3C(C4C(O)CC(CCCCC)CC4OC3(C)C)C2O)c1O. The predicted octanol–water partition coefficient (Wildman–Crippen LogP) is 9.65. The number of hydrogen-bond donors (Lipinski definition) is 4. The Labute approximate surface area is 297 Å². The summed E-state index contributed by atoms with van der Waals surface area (Å²) >= 11 is 0. The molecule has 8 unspecified atom stereocenters. The van der Waals surface area contributed by atoms with Gasteiger partial charge in [0.2, 0.25) is 0 Å². The summed E-state index contributed by atoms with van der Waals surface area (Å²) in [4.78, 5) is 0. The standard InChI is InChI=1S/C43H68O6/c1-9-11-13-15-28-22-34(44)39-36(23-28)49-42(6,7)33-19-20-43(8,41(47)38(33)39)48-25-32-29(16-14-12-10-2)24-35(45)37(40(32)46)31-21-27(5)17-18-30(31)26(3)4/h21,24,28,30-31,33-34,36,38-39,41,44-47H,3,9-20,22-23,25H2,1-2,4-8H3/t28?,30-,31+,33?,34?,36?,38?,39?,41?,43?/m0/s1. The lowest BCUT2D eigenvalue weighted by Gasteiger charge is -2.61. The first-order valence-corrected chi connectivity index (χ1v) is 19.8. The fraction of sp³-hybridized carbons (Fsp3) is 0.767. The number of phenolic OH excluding ortho intramolecular Hbond substituents is 2. The van der Waals surface area contributed by atoms with Gasteiger partial charge in [-0.3, -0.25) is 0 Å². The van der Waals surface area contributed by atoms with E-state index in [0.29, 0.717) is 23.5 Å². The van der Waals surface area contributed by atoms with Gasteiger partial charge in [0, 0.05) is 28.9 Å². The van der Waals surface area contributed by atoms with Crippen molar-refractivity contribution in [2.24, 2.45) is 29.6 Å². The normalized spacial score (nSPS) is 35.7. The van der Waals surface area contributed by atoms with E-state index in [0.717, 1.165) is 75.3 Å². The number of aromatic hydroxyl groups is 2. The van der Waals surface area contributed by atoms with Crippen molar-refractivity contribution in [1.82, 2.24) is 0 Å². The van der Waals surface area contributed by atoms with Crippen LogP contribution in [0.1, 0.15) is 155 Å². The Hall–Kier alpha value is -1.86. The highest BCUT2D eigenvalue weighted by molar-refractivity contribution is 5.56. The highest BCUT2D eigenvalue weighted by Gasteiger charge is 2.61. The van der Waals surface area contributed by atoms with Gasteiger partial charge in [0.15, 0.2) is 0 Å². The Balaban J connectivity index is 1.44. The zero-order valence-corrected chi connectivity index (χ0v) is 31.8. The van der Waals surface area contributed by atoms with Crippen LogP contribution in [-0.2, 0) is 22.5 Å². The summed E-state index contributed by atoms with van der Waals surface area (Å²) in [6.45, 7) is 19.3. The van der Waals surface area contributed by atoms with Crippen LogP contribution in [0.3, 0.4) is 0 Å². The molecule has 1 saturated heterocycles. The van der Waals surface area contributed by atoms with Crippen LogP contribution in [0.15, 0.2) is 29.9 Å². The van der Waals surface area contributed by atoms with Crippen molar-refractivity contribution >= 4 is 0 Å². The van der Waals surface area contributed by atoms with E-state index in [1.165, 1.54) is 24.8 Å². The predicted molar refractivity (Wildman–Crippen MR) is 198 cm³/mol. The minimum Gasteiger partial charge on any atom is -0.507 e. The van der Waals surface area contributed by atoms with E-state index in [-0.39, 0.29) is 53.8 Å². The number of unbranched alkanes of at least 4 members (excludes halogenated alkanes) is 4. The van der Waals surface area contributed by atoms with Crippen LogP contribution in [0.5, 0.6) is 11.5 Å². The second-order valence-electron chi connectivity index (χ2n) is 17.3. The van der Waals surface area contributed by atoms with Crippen molar-refractivity contribution < 1.29 is 29.9 Å². The Bertz CT molecular complexity index is 1330. The molecule has 1 heterocycles. The molecule has 1 aromatic carbocycles. The van der Waals surface area contributed by atoms with Gasteiger partial charge < -0.3 is 29.9 Å². The number of phenols is 2. The largest absolute Gasteiger partial charge is 0.507 e. The summed E-state index contributed by atoms with van der Waals surface area (Å²) < 4.78 is 13.7. The lowest BCUT2D eigenvalue weighted by atomic mass is 9.55. The lowest BCUT2D eigenvalue weighted by Crippen LogP contribution is -2.66. The summed E-state index contributed by atoms with van der Waals surface area (Å²) in [5.41, 5.74) is 3.24. The van der Waals surface area contributed by atoms with Gasteiger partial charge in [-0.1, -0.05) is 76.2 Å². The lowest BCUT2D eigenvalue weighted by molar-refractivity contribution is -0.285. The van der Waals surface area contributed by atoms with Gasteiger partial charge in [-0.25, -0.2) is 0 Å². The molecule has 6 nitrogen and oxygen atoms in total. The topological polar surface area (TPSA) is 99.4 Å². The third-order valence-electron chi connectivity index (χ3n) is 13.3. The fourth-order valence-corrected chi connectivity index (χ4v) is 10.4. The molecule has 49 heavy (non-hydrogen) atoms. The van der Waals surface area contributed by atoms with Crippen molar-refractivity contribution in [2.75, 3.05) is 0 Å². The van der Waals surface area contributed by atoms with Crippen molar-refractivity contribution in [3.8, 4) is 11.5 Å². The number of hydrogen-bond acceptors (Lipinski definition) is 6. The van der Waals surface area contributed by atoms with Gasteiger partial charge in [-0.2, -0.15) is 0 Å². The maximum absolute atomic E-state index is 12.4. The first-order valence-electron chi connectivity index (χ1n) is 19.8. The van der Waals surface area contributed by atoms with E-state index in [2.05, 4.69) is 47.3 Å². The molecule has 276 valence electrons. The zero-order chi connectivity index (χ0) is 35.7. The monoisotopic (exact) mass is 681 g/mol. The van der Waals surface area contributed by atoms with E-state index in [1.54, 1.807) is 0 Å². The third-order valence-corrected chi connectivity index (χ3v) is 13.3. The molecule has 2 saturated carbocycles. The van der Waals surface area contributed by atoms with Crippen molar-refractivity contribution in [1.29, 1.82) is 0 Å². The second kappa shape index (κ2) is 15.8. The van der Waals surface area contributed by atoms with Gasteiger partial charge in [0.05, 0.1) is 36.1 Å². The molecule has 1 aromatic rings. The molecule has 1 aliphatic heterocycles. The number of ether oxygens (including phenoxy) is 2. The maximum atomic E-state index is 12.4. The molecule has 6 heteroatoms. The van der Waals surface area contributed by atoms with Crippen LogP contribution < -0.4 is 0 Å². The minimum absolute atomic E-state index is 0.0780. The number of fused-ring (bicyclic) bond motifs is 3. The molecule has 0 aromatic heterocycles. The minimum atomic E-state index is -0.858. The smallest absolute Gasteiger partial charge is 0.128 e. The number of allylic oxidation sites excluding steroid dienone is 3. The van der Waals surface area contributed by atoms with Crippen LogP contribution in [0, 0.1) is 29.6 Å². The maximum Gasteiger partial charge on any atom is 0.128 e. The van der Waals surface area contributed by atoms with Crippen LogP contribution in [0.2, 0.25) is 0 Å². The Morgan fingerprint density at radius 3 is 2.41 bits per heavy atom. The van der Waals surface area contributed by atoms with Crippen molar-refractivity contribution in [3.63, 3.8) is 0 Å². The van der Waals surface area contributed by atoms with Gasteiger partial charge in [-0.15, -0.1) is 0 Å². The van der Waals surface area contributed by atoms with Gasteiger partial charge >= 0.3 is 0 Å². The average Bonchev–Trinajstić information content (AvgIpc) is 3.02. The number of benzene rings is 1. The Morgan fingerprint density at radius 1 is 1.00 bits per heavy atom. The molecule has 4 aliphatic rings. The highest BCUT2D eigenvalue weighted by Crippen LogP contribution is 2.56. The third kappa shape index (κ3) is 7.98. The molecule has 10 atom stereocenters. The Kier molecular flexibility index (Phi) is 12.4. The van der Waals surface area contributed by atoms with Gasteiger partial charge in [-0.05, 0) is 115 Å². The summed E-state index contributed by atoms with van der Waals surface area (Å²) in [6.07, 6.45) is 14.5. The number of aliphatic hydroxyl groups excluding tert-OH is 2. The summed E-state index contributed by atoms with van der Waals surface area (Å²) in [5, 5.41) is 47.5. The highest BCUT2D eigenvalue weighted by atomic mass is 16.5. The number of aliphatic hydroxyl groups is 2. The fourth-order valence-electron chi connectivity index (χ4n) is 10.4. The molecule has 4 N–H and O–H groups in total. The molecule has 0 spiro atoms. The van der Waals surface area contributed by atoms with E-state index in [1.807, 2.05) is 19.9 Å². The molecule has 3 aliphatic carbocycles. The first-order chi connectivity index (χ1) is 23.2. The molecular formula is C43H68O6. The van der Waals surface area contributed by atoms with E-state index in [4.69, 9.17) is 9.47 Å². The molecule has 0 amide bonds. The van der Waals surface area contributed by atoms with E-state index >= 15 is 0 Å². The zero-order valence-electron chi connectivity index (χ0n) is 31.8. The van der Waals surface area contributed by atoms with Gasteiger partial charge in [0.1, 0.15) is 11.5 Å². The van der Waals surface area contributed by atoms with Crippen LogP contribution in [0.4, 0.5) is 0 Å². The van der Waals surface area contributed by atoms with Crippen molar-refractivity contribution in [3.05, 3.63) is 46.6 Å². The van der Waals surface area contributed by atoms with Crippen molar-refractivity contribution in [2.45, 2.75) is 180 Å². The summed E-state index contributed by atoms with van der Waals surface area (Å²) in [7, 11) is 0. The molecular weight excluding hydrogens is 612 g/mol. The second-order valence-corrected chi connectivity index (χ2v) is 17.3. The number of rotatable bonds is 13. The quantitative estimate of drug-likeness (QED) is 0.122. The van der Waals surface area contributed by atoms with Gasteiger partial charge in [0.25, 0.3) is 0 Å². The molecule has 0 bridgehead atoms. The number of aryl methyl sites for hydroxylation is 1. The first kappa shape index (κ1) is 38.4. The van der Waals surface area contributed by atoms with Crippen LogP contribution >= 0.6 is 0 Å². The van der Waals surface area contributed by atoms with Crippen LogP contribution in [0.25, 0.3) is 0 Å². The van der Waals surface area contributed by atoms with E-state index in [9.17, 15) is 20.4 Å².